The fourth-order valence-corrected chi connectivity index (χ4v) is 4.11. The van der Waals surface area contributed by atoms with Gasteiger partial charge in [0.25, 0.3) is 0 Å². The molecule has 0 radical (unpaired) electrons. The Morgan fingerprint density at radius 2 is 2.15 bits per heavy atom. The van der Waals surface area contributed by atoms with Gasteiger partial charge in [-0.2, -0.15) is 0 Å². The summed E-state index contributed by atoms with van der Waals surface area (Å²) in [6.07, 6.45) is 12.1. The Hall–Kier alpha value is -2.51. The molecular weight excluding hydrogens is 330 g/mol. The van der Waals surface area contributed by atoms with Crippen molar-refractivity contribution in [2.45, 2.75) is 57.5 Å². The van der Waals surface area contributed by atoms with E-state index in [-0.39, 0.29) is 12.1 Å². The van der Waals surface area contributed by atoms with Gasteiger partial charge in [0.15, 0.2) is 0 Å². The van der Waals surface area contributed by atoms with E-state index in [9.17, 15) is 4.79 Å². The summed E-state index contributed by atoms with van der Waals surface area (Å²) in [6.45, 7) is 0.544. The van der Waals surface area contributed by atoms with Crippen molar-refractivity contribution >= 4 is 11.8 Å². The van der Waals surface area contributed by atoms with Gasteiger partial charge in [-0.15, -0.1) is 5.10 Å². The second kappa shape index (κ2) is 7.01. The molecule has 2 aromatic heterocycles. The predicted molar refractivity (Wildman–Crippen MR) is 96.6 cm³/mol. The van der Waals surface area contributed by atoms with Crippen molar-refractivity contribution < 1.29 is 4.79 Å². The number of carbonyl (C=O) groups is 1. The highest BCUT2D eigenvalue weighted by molar-refractivity contribution is 5.90. The monoisotopic (exact) mass is 355 g/mol. The average Bonchev–Trinajstić information content (AvgIpc) is 3.13. The zero-order valence-corrected chi connectivity index (χ0v) is 15.1. The Bertz CT molecular complexity index is 747. The number of nitrogens with zero attached hydrogens (tertiary/aromatic N) is 6. The van der Waals surface area contributed by atoms with Gasteiger partial charge in [-0.25, -0.2) is 14.5 Å². The van der Waals surface area contributed by atoms with Crippen molar-refractivity contribution in [1.82, 2.24) is 30.5 Å². The average molecular weight is 355 g/mol. The lowest BCUT2D eigenvalue weighted by atomic mass is 9.60. The minimum Gasteiger partial charge on any atom is -0.335 e. The van der Waals surface area contributed by atoms with Crippen LogP contribution in [0.25, 0.3) is 0 Å². The van der Waals surface area contributed by atoms with Gasteiger partial charge in [-0.3, -0.25) is 4.90 Å². The molecule has 1 spiro atoms. The number of anilines is 1. The molecule has 0 aromatic carbocycles. The summed E-state index contributed by atoms with van der Waals surface area (Å²) in [5, 5.41) is 14.3. The standard InChI is InChI=1S/C18H25N7O/c1-24(16-11-14(5-10-19-16)12-25-13-20-22-23-25)17(26)21-15-3-8-18(9-4-15)6-2-7-18/h5,10-11,13,15H,2-4,6-9,12H2,1H3,(H,21,26). The molecule has 2 saturated carbocycles. The Labute approximate surface area is 153 Å². The molecule has 2 fully saturated rings. The van der Waals surface area contributed by atoms with Crippen molar-refractivity contribution in [3.05, 3.63) is 30.2 Å². The first kappa shape index (κ1) is 16.9. The Balaban J connectivity index is 1.34. The maximum atomic E-state index is 12.6. The van der Waals surface area contributed by atoms with Gasteiger partial charge < -0.3 is 5.32 Å². The van der Waals surface area contributed by atoms with E-state index in [1.165, 1.54) is 32.1 Å². The predicted octanol–water partition coefficient (Wildman–Crippen LogP) is 2.38. The van der Waals surface area contributed by atoms with E-state index in [1.54, 1.807) is 29.2 Å². The number of aromatic nitrogens is 5. The van der Waals surface area contributed by atoms with Gasteiger partial charge in [0.2, 0.25) is 0 Å². The normalized spacial score (nSPS) is 19.1. The van der Waals surface area contributed by atoms with Crippen LogP contribution in [0, 0.1) is 5.41 Å². The number of hydrogen-bond acceptors (Lipinski definition) is 5. The van der Waals surface area contributed by atoms with E-state index in [0.717, 1.165) is 18.4 Å². The van der Waals surface area contributed by atoms with Crippen molar-refractivity contribution in [3.63, 3.8) is 0 Å². The second-order valence-electron chi connectivity index (χ2n) is 7.67. The molecule has 0 atom stereocenters. The lowest BCUT2D eigenvalue weighted by molar-refractivity contribution is 0.0659. The third-order valence-corrected chi connectivity index (χ3v) is 5.98. The van der Waals surface area contributed by atoms with Crippen LogP contribution in [0.2, 0.25) is 0 Å². The molecule has 138 valence electrons. The SMILES string of the molecule is CN(C(=O)NC1CCC2(CCC2)CC1)c1cc(Cn2cnnn2)ccn1. The molecule has 2 aliphatic rings. The first-order valence-electron chi connectivity index (χ1n) is 9.34. The zero-order valence-electron chi connectivity index (χ0n) is 15.1. The highest BCUT2D eigenvalue weighted by Gasteiger charge is 2.40. The largest absolute Gasteiger partial charge is 0.335 e. The quantitative estimate of drug-likeness (QED) is 0.909. The molecule has 8 nitrogen and oxygen atoms in total. The number of pyridine rings is 1. The molecule has 26 heavy (non-hydrogen) atoms. The van der Waals surface area contributed by atoms with Crippen LogP contribution in [0.4, 0.5) is 10.6 Å². The Morgan fingerprint density at radius 1 is 1.35 bits per heavy atom. The first-order valence-corrected chi connectivity index (χ1v) is 9.34. The topological polar surface area (TPSA) is 88.8 Å². The van der Waals surface area contributed by atoms with Crippen LogP contribution in [0.5, 0.6) is 0 Å². The number of urea groups is 1. The number of amides is 2. The van der Waals surface area contributed by atoms with Gasteiger partial charge in [-0.1, -0.05) is 6.42 Å². The second-order valence-corrected chi connectivity index (χ2v) is 7.67. The molecule has 4 rings (SSSR count). The maximum Gasteiger partial charge on any atom is 0.323 e. The fourth-order valence-electron chi connectivity index (χ4n) is 4.11. The third kappa shape index (κ3) is 3.54. The molecule has 2 aliphatic carbocycles. The van der Waals surface area contributed by atoms with Gasteiger partial charge >= 0.3 is 6.03 Å². The van der Waals surface area contributed by atoms with E-state index in [1.807, 2.05) is 12.1 Å². The maximum absolute atomic E-state index is 12.6. The van der Waals surface area contributed by atoms with Crippen molar-refractivity contribution in [2.24, 2.45) is 5.41 Å². The Kier molecular flexibility index (Phi) is 4.57. The summed E-state index contributed by atoms with van der Waals surface area (Å²) in [6, 6.07) is 3.98. The molecule has 2 aromatic rings. The summed E-state index contributed by atoms with van der Waals surface area (Å²) >= 11 is 0. The summed E-state index contributed by atoms with van der Waals surface area (Å²) in [5.74, 6) is 0.624. The number of rotatable bonds is 4. The lowest BCUT2D eigenvalue weighted by Crippen LogP contribution is -2.47. The molecular formula is C18H25N7O. The van der Waals surface area contributed by atoms with Gasteiger partial charge in [0, 0.05) is 19.3 Å². The molecule has 2 amide bonds. The smallest absolute Gasteiger partial charge is 0.323 e. The van der Waals surface area contributed by atoms with Crippen LogP contribution >= 0.6 is 0 Å². The van der Waals surface area contributed by atoms with Crippen LogP contribution in [0.1, 0.15) is 50.5 Å². The van der Waals surface area contributed by atoms with Crippen LogP contribution < -0.4 is 10.2 Å². The molecule has 8 heteroatoms. The highest BCUT2D eigenvalue weighted by Crippen LogP contribution is 2.51. The van der Waals surface area contributed by atoms with E-state index in [2.05, 4.69) is 25.8 Å². The zero-order chi connectivity index (χ0) is 18.0. The van der Waals surface area contributed by atoms with E-state index >= 15 is 0 Å². The lowest BCUT2D eigenvalue weighted by Gasteiger charge is -2.47. The van der Waals surface area contributed by atoms with E-state index in [4.69, 9.17) is 0 Å². The number of hydrogen-bond donors (Lipinski definition) is 1. The van der Waals surface area contributed by atoms with Gasteiger partial charge in [0.05, 0.1) is 6.54 Å². The molecule has 0 aliphatic heterocycles. The molecule has 1 N–H and O–H groups in total. The van der Waals surface area contributed by atoms with Crippen molar-refractivity contribution in [1.29, 1.82) is 0 Å². The molecule has 0 bridgehead atoms. The van der Waals surface area contributed by atoms with E-state index < -0.39 is 0 Å². The fraction of sp³-hybridized carbons (Fsp3) is 0.611. The third-order valence-electron chi connectivity index (χ3n) is 5.98. The van der Waals surface area contributed by atoms with Crippen LogP contribution in [0.15, 0.2) is 24.7 Å². The van der Waals surface area contributed by atoms with Crippen LogP contribution in [-0.4, -0.2) is 44.3 Å². The molecule has 2 heterocycles. The first-order chi connectivity index (χ1) is 12.6. The number of nitrogens with one attached hydrogen (secondary N) is 1. The molecule has 0 unspecified atom stereocenters. The number of carbonyl (C=O) groups excluding carboxylic acids is 1. The number of tetrazole rings is 1. The minimum atomic E-state index is -0.0911. The summed E-state index contributed by atoms with van der Waals surface area (Å²) in [5.41, 5.74) is 1.60. The summed E-state index contributed by atoms with van der Waals surface area (Å²) < 4.78 is 1.64. The van der Waals surface area contributed by atoms with Crippen molar-refractivity contribution in [3.8, 4) is 0 Å². The minimum absolute atomic E-state index is 0.0911. The van der Waals surface area contributed by atoms with E-state index in [0.29, 0.717) is 17.8 Å². The summed E-state index contributed by atoms with van der Waals surface area (Å²) in [7, 11) is 1.76. The summed E-state index contributed by atoms with van der Waals surface area (Å²) in [4.78, 5) is 18.5. The molecule has 0 saturated heterocycles. The highest BCUT2D eigenvalue weighted by atomic mass is 16.2. The van der Waals surface area contributed by atoms with Gasteiger partial charge in [0.1, 0.15) is 12.1 Å². The van der Waals surface area contributed by atoms with Crippen LogP contribution in [-0.2, 0) is 6.54 Å². The Morgan fingerprint density at radius 3 is 2.81 bits per heavy atom. The van der Waals surface area contributed by atoms with Crippen molar-refractivity contribution in [2.75, 3.05) is 11.9 Å². The van der Waals surface area contributed by atoms with Crippen LogP contribution in [0.3, 0.4) is 0 Å². The van der Waals surface area contributed by atoms with Gasteiger partial charge in [-0.05, 0) is 72.1 Å².